The van der Waals surface area contributed by atoms with Crippen LogP contribution in [0.5, 0.6) is 5.75 Å². The van der Waals surface area contributed by atoms with Gasteiger partial charge in [-0.2, -0.15) is 0 Å². The van der Waals surface area contributed by atoms with Crippen molar-refractivity contribution in [3.05, 3.63) is 59.7 Å². The van der Waals surface area contributed by atoms with Crippen LogP contribution < -0.4 is 9.47 Å². The summed E-state index contributed by atoms with van der Waals surface area (Å²) < 4.78 is 31.9. The quantitative estimate of drug-likeness (QED) is 0.506. The fraction of sp³-hybridized carbons (Fsp3) is 0.222. The third-order valence-corrected chi connectivity index (χ3v) is 5.97. The number of aromatic nitrogens is 3. The highest BCUT2D eigenvalue weighted by Gasteiger charge is 2.28. The molecule has 136 valence electrons. The Morgan fingerprint density at radius 3 is 2.54 bits per heavy atom. The van der Waals surface area contributed by atoms with Gasteiger partial charge in [-0.25, -0.2) is 13.1 Å². The summed E-state index contributed by atoms with van der Waals surface area (Å²) in [5.41, 5.74) is 2.36. The first-order chi connectivity index (χ1) is 12.4. The number of methoxy groups -OCH3 is 1. The summed E-state index contributed by atoms with van der Waals surface area (Å²) in [6.07, 6.45) is 2.88. The molecule has 26 heavy (non-hydrogen) atoms. The molecule has 7 nitrogen and oxygen atoms in total. The van der Waals surface area contributed by atoms with Crippen LogP contribution in [0.2, 0.25) is 0 Å². The second kappa shape index (κ2) is 6.80. The number of hydrogen-bond donors (Lipinski definition) is 0. The van der Waals surface area contributed by atoms with Crippen molar-refractivity contribution in [3.63, 3.8) is 0 Å². The Balaban J connectivity index is 2.17. The number of nitrogens with zero attached hydrogens (tertiary/aromatic N) is 3. The molecular weight excluding hydrogens is 354 g/mol. The van der Waals surface area contributed by atoms with Crippen LogP contribution in [0.15, 0.2) is 53.7 Å². The lowest BCUT2D eigenvalue weighted by Gasteiger charge is -2.11. The molecule has 0 atom stereocenters. The smallest absolute Gasteiger partial charge is 0.329 e. The number of sulfone groups is 1. The first-order valence-corrected chi connectivity index (χ1v) is 9.68. The van der Waals surface area contributed by atoms with E-state index >= 15 is 0 Å². The molecule has 3 rings (SSSR count). The van der Waals surface area contributed by atoms with Crippen molar-refractivity contribution in [2.45, 2.75) is 18.7 Å². The monoisotopic (exact) mass is 373 g/mol. The minimum Gasteiger partial charge on any atom is -0.711 e. The lowest BCUT2D eigenvalue weighted by atomic mass is 10.1. The van der Waals surface area contributed by atoms with E-state index in [9.17, 15) is 13.6 Å². The summed E-state index contributed by atoms with van der Waals surface area (Å²) in [6.45, 7) is 3.34. The van der Waals surface area contributed by atoms with Crippen LogP contribution in [0.3, 0.4) is 0 Å². The molecule has 0 bridgehead atoms. The molecule has 0 amide bonds. The number of rotatable bonds is 5. The van der Waals surface area contributed by atoms with E-state index in [4.69, 9.17) is 4.74 Å². The van der Waals surface area contributed by atoms with Gasteiger partial charge in [0.25, 0.3) is 0 Å². The zero-order valence-corrected chi connectivity index (χ0v) is 15.5. The second-order valence-electron chi connectivity index (χ2n) is 5.71. The van der Waals surface area contributed by atoms with Gasteiger partial charge in [-0.05, 0) is 29.8 Å². The summed E-state index contributed by atoms with van der Waals surface area (Å²) >= 11 is 0. The summed E-state index contributed by atoms with van der Waals surface area (Å²) in [5.74, 6) is 0.609. The van der Waals surface area contributed by atoms with Gasteiger partial charge in [0.05, 0.1) is 25.3 Å². The van der Waals surface area contributed by atoms with Gasteiger partial charge in [-0.1, -0.05) is 28.8 Å². The van der Waals surface area contributed by atoms with Crippen molar-refractivity contribution in [2.75, 3.05) is 12.9 Å². The Morgan fingerprint density at radius 1 is 1.23 bits per heavy atom. The van der Waals surface area contributed by atoms with E-state index in [1.807, 2.05) is 24.3 Å². The van der Waals surface area contributed by atoms with Gasteiger partial charge in [-0.3, -0.25) is 0 Å². The highest BCUT2D eigenvalue weighted by molar-refractivity contribution is 7.91. The Labute approximate surface area is 152 Å². The molecule has 0 N–H and O–H groups in total. The highest BCUT2D eigenvalue weighted by atomic mass is 32.2. The lowest BCUT2D eigenvalue weighted by Crippen LogP contribution is -2.35. The molecule has 0 aliphatic rings. The van der Waals surface area contributed by atoms with Gasteiger partial charge in [0.1, 0.15) is 11.4 Å². The maximum atomic E-state index is 12.4. The van der Waals surface area contributed by atoms with Crippen LogP contribution in [0.1, 0.15) is 12.6 Å². The summed E-state index contributed by atoms with van der Waals surface area (Å²) in [4.78, 5) is -0.0371. The molecule has 0 aliphatic heterocycles. The molecular formula is C18H19N3O4S. The standard InChI is InChI=1S/C18H19N3O4S/c1-4-26(23,24)17-6-5-11-20(22)18(17)21-13(2)16(12-19-21)14-7-9-15(25-3)10-8-14/h5-12H,4H2,1-3H3. The van der Waals surface area contributed by atoms with Crippen molar-refractivity contribution in [2.24, 2.45) is 0 Å². The third kappa shape index (κ3) is 3.03. The van der Waals surface area contributed by atoms with Crippen molar-refractivity contribution < 1.29 is 17.9 Å². The zero-order valence-electron chi connectivity index (χ0n) is 14.7. The Hall–Kier alpha value is -2.87. The molecule has 3 aromatic rings. The maximum absolute atomic E-state index is 12.4. The van der Waals surface area contributed by atoms with Crippen molar-refractivity contribution >= 4 is 9.84 Å². The molecule has 0 aliphatic carbocycles. The highest BCUT2D eigenvalue weighted by Crippen LogP contribution is 2.27. The number of benzene rings is 1. The van der Waals surface area contributed by atoms with Gasteiger partial charge < -0.3 is 9.94 Å². The van der Waals surface area contributed by atoms with E-state index in [2.05, 4.69) is 5.10 Å². The van der Waals surface area contributed by atoms with Gasteiger partial charge in [0.2, 0.25) is 0 Å². The Bertz CT molecular complexity index is 1040. The average Bonchev–Trinajstić information content (AvgIpc) is 3.02. The molecule has 2 aromatic heterocycles. The average molecular weight is 373 g/mol. The minimum atomic E-state index is -3.58. The first-order valence-electron chi connectivity index (χ1n) is 8.03. The number of hydrogen-bond acceptors (Lipinski definition) is 5. The van der Waals surface area contributed by atoms with Crippen molar-refractivity contribution in [1.82, 2.24) is 9.78 Å². The SMILES string of the molecule is CCS(=O)(=O)c1ccc[n+]([O-])c1-n1ncc(-c2ccc(OC)cc2)c1C. The molecule has 0 saturated carbocycles. The normalized spacial score (nSPS) is 11.5. The van der Waals surface area contributed by atoms with Crippen LogP contribution in [-0.4, -0.2) is 31.1 Å². The van der Waals surface area contributed by atoms with Crippen LogP contribution in [0, 0.1) is 12.1 Å². The van der Waals surface area contributed by atoms with Crippen molar-refractivity contribution in [3.8, 4) is 22.7 Å². The van der Waals surface area contributed by atoms with Crippen molar-refractivity contribution in [1.29, 1.82) is 0 Å². The van der Waals surface area contributed by atoms with Crippen LogP contribution in [0.4, 0.5) is 0 Å². The molecule has 0 spiro atoms. The van der Waals surface area contributed by atoms with Crippen LogP contribution in [-0.2, 0) is 9.84 Å². The largest absolute Gasteiger partial charge is 0.711 e. The fourth-order valence-corrected chi connectivity index (χ4v) is 3.79. The van der Waals surface area contributed by atoms with Gasteiger partial charge in [0, 0.05) is 12.5 Å². The zero-order chi connectivity index (χ0) is 18.9. The van der Waals surface area contributed by atoms with E-state index in [1.54, 1.807) is 27.2 Å². The molecule has 0 radical (unpaired) electrons. The molecule has 8 heteroatoms. The molecule has 0 saturated heterocycles. The van der Waals surface area contributed by atoms with Crippen LogP contribution >= 0.6 is 0 Å². The van der Waals surface area contributed by atoms with E-state index < -0.39 is 9.84 Å². The predicted octanol–water partition coefficient (Wildman–Crippen LogP) is 2.28. The van der Waals surface area contributed by atoms with Crippen LogP contribution in [0.25, 0.3) is 16.9 Å². The second-order valence-corrected chi connectivity index (χ2v) is 7.96. The van der Waals surface area contributed by atoms with E-state index in [-0.39, 0.29) is 16.5 Å². The topological polar surface area (TPSA) is 88.1 Å². The Kier molecular flexibility index (Phi) is 4.69. The van der Waals surface area contributed by atoms with Gasteiger partial charge >= 0.3 is 5.82 Å². The third-order valence-electron chi connectivity index (χ3n) is 4.22. The molecule has 1 aromatic carbocycles. The minimum absolute atomic E-state index is 0.0217. The van der Waals surface area contributed by atoms with E-state index in [1.165, 1.54) is 23.0 Å². The lowest BCUT2D eigenvalue weighted by molar-refractivity contribution is -0.602. The maximum Gasteiger partial charge on any atom is 0.329 e. The summed E-state index contributed by atoms with van der Waals surface area (Å²) in [6, 6.07) is 10.3. The number of pyridine rings is 1. The van der Waals surface area contributed by atoms with E-state index in [0.717, 1.165) is 16.9 Å². The first kappa shape index (κ1) is 17.9. The number of ether oxygens (including phenoxy) is 1. The molecule has 2 heterocycles. The summed E-state index contributed by atoms with van der Waals surface area (Å²) in [7, 11) is -1.99. The van der Waals surface area contributed by atoms with Gasteiger partial charge in [-0.15, -0.1) is 0 Å². The Morgan fingerprint density at radius 2 is 1.92 bits per heavy atom. The van der Waals surface area contributed by atoms with E-state index in [0.29, 0.717) is 10.4 Å². The molecule has 0 fully saturated rings. The molecule has 0 unspecified atom stereocenters. The fourth-order valence-electron chi connectivity index (χ4n) is 2.74. The van der Waals surface area contributed by atoms with Gasteiger partial charge in [0.15, 0.2) is 14.7 Å². The summed E-state index contributed by atoms with van der Waals surface area (Å²) in [5, 5.41) is 16.6. The predicted molar refractivity (Wildman–Crippen MR) is 97.0 cm³/mol.